The zero-order chi connectivity index (χ0) is 25.2. The van der Waals surface area contributed by atoms with E-state index in [9.17, 15) is 18.5 Å². The Labute approximate surface area is 205 Å². The highest BCUT2D eigenvalue weighted by atomic mass is 32.2. The number of nitrogens with zero attached hydrogens (tertiary/aromatic N) is 6. The number of anilines is 1. The lowest BCUT2D eigenvalue weighted by Gasteiger charge is -2.37. The van der Waals surface area contributed by atoms with Crippen molar-refractivity contribution in [1.82, 2.24) is 24.7 Å². The highest BCUT2D eigenvalue weighted by Gasteiger charge is 2.47. The van der Waals surface area contributed by atoms with Gasteiger partial charge in [-0.2, -0.15) is 20.3 Å². The summed E-state index contributed by atoms with van der Waals surface area (Å²) >= 11 is 0. The molecule has 11 nitrogen and oxygen atoms in total. The van der Waals surface area contributed by atoms with Crippen molar-refractivity contribution >= 4 is 32.5 Å². The van der Waals surface area contributed by atoms with Gasteiger partial charge in [0, 0.05) is 55.9 Å². The van der Waals surface area contributed by atoms with Crippen molar-refractivity contribution in [1.29, 1.82) is 10.5 Å². The van der Waals surface area contributed by atoms with Gasteiger partial charge in [0.25, 0.3) is 0 Å². The van der Waals surface area contributed by atoms with E-state index in [1.807, 2.05) is 31.0 Å². The average Bonchev–Trinajstić information content (AvgIpc) is 3.48. The summed E-state index contributed by atoms with van der Waals surface area (Å²) in [6.07, 6.45) is 2.87. The van der Waals surface area contributed by atoms with Crippen LogP contribution in [0.5, 0.6) is 0 Å². The van der Waals surface area contributed by atoms with E-state index in [2.05, 4.69) is 26.1 Å². The number of sulfonamides is 1. The second kappa shape index (κ2) is 9.82. The number of carbonyl (C=O) groups is 1. The molecule has 2 fully saturated rings. The largest absolute Gasteiger partial charge is 0.367 e. The zero-order valence-corrected chi connectivity index (χ0v) is 20.8. The maximum Gasteiger partial charge on any atom is 0.242 e. The van der Waals surface area contributed by atoms with Crippen molar-refractivity contribution in [2.45, 2.75) is 43.7 Å². The van der Waals surface area contributed by atoms with Crippen LogP contribution in [0.3, 0.4) is 0 Å². The predicted octanol–water partition coefficient (Wildman–Crippen LogP) is 0.789. The highest BCUT2D eigenvalue weighted by molar-refractivity contribution is 7.89. The molecule has 12 heteroatoms. The molecular weight excluding hydrogens is 468 g/mol. The van der Waals surface area contributed by atoms with Crippen LogP contribution < -0.4 is 14.9 Å². The molecule has 4 rings (SSSR count). The van der Waals surface area contributed by atoms with Gasteiger partial charge < -0.3 is 15.1 Å². The predicted molar refractivity (Wildman–Crippen MR) is 130 cm³/mol. The maximum absolute atomic E-state index is 13.2. The first-order valence-corrected chi connectivity index (χ1v) is 13.2. The molecule has 2 aromatic rings. The standard InChI is InChI=1S/C23H30N8O3S/c1-17(2)22(32)30-11-9-29(10-12-30)21-14-18(35(33,34)28-23(16-25)3-4-23)13-20-19(21)15-31(27-20)8-7-26-6-5-24/h13-15,17,26,28H,3-4,6-12H2,1-2H3. The number of amides is 1. The minimum atomic E-state index is -3.93. The number of nitrogens with one attached hydrogen (secondary N) is 2. The van der Waals surface area contributed by atoms with E-state index in [0.29, 0.717) is 57.6 Å². The quantitative estimate of drug-likeness (QED) is 0.381. The Morgan fingerprint density at radius 3 is 2.51 bits per heavy atom. The molecule has 186 valence electrons. The SMILES string of the molecule is CC(C)C(=O)N1CCN(c2cc(S(=O)(=O)NC3(C#N)CC3)cc3nn(CCNCC#N)cc23)CC1. The highest BCUT2D eigenvalue weighted by Crippen LogP contribution is 2.37. The third-order valence-corrected chi connectivity index (χ3v) is 7.89. The molecule has 0 radical (unpaired) electrons. The second-order valence-corrected chi connectivity index (χ2v) is 11.1. The van der Waals surface area contributed by atoms with Crippen molar-refractivity contribution in [3.8, 4) is 12.1 Å². The molecule has 2 N–H and O–H groups in total. The molecule has 0 atom stereocenters. The van der Waals surface area contributed by atoms with Crippen molar-refractivity contribution in [3.05, 3.63) is 18.3 Å². The van der Waals surface area contributed by atoms with Crippen LogP contribution in [-0.2, 0) is 21.4 Å². The molecule has 1 saturated heterocycles. The molecule has 1 amide bonds. The van der Waals surface area contributed by atoms with Crippen LogP contribution in [-0.4, -0.2) is 73.8 Å². The smallest absolute Gasteiger partial charge is 0.242 e. The van der Waals surface area contributed by atoms with Crippen LogP contribution in [0.1, 0.15) is 26.7 Å². The molecule has 1 aliphatic heterocycles. The fourth-order valence-corrected chi connectivity index (χ4v) is 5.62. The summed E-state index contributed by atoms with van der Waals surface area (Å²) in [6.45, 7) is 7.31. The van der Waals surface area contributed by atoms with Crippen LogP contribution in [0.2, 0.25) is 0 Å². The second-order valence-electron chi connectivity index (χ2n) is 9.37. The Kier molecular flexibility index (Phi) is 6.99. The van der Waals surface area contributed by atoms with E-state index < -0.39 is 15.6 Å². The average molecular weight is 499 g/mol. The summed E-state index contributed by atoms with van der Waals surface area (Å²) in [5.74, 6) is 0.0369. The Morgan fingerprint density at radius 1 is 1.20 bits per heavy atom. The van der Waals surface area contributed by atoms with Crippen molar-refractivity contribution in [2.75, 3.05) is 44.2 Å². The minimum Gasteiger partial charge on any atom is -0.367 e. The first-order valence-electron chi connectivity index (χ1n) is 11.8. The summed E-state index contributed by atoms with van der Waals surface area (Å²) < 4.78 is 30.7. The summed E-state index contributed by atoms with van der Waals surface area (Å²) in [4.78, 5) is 16.4. The number of piperazine rings is 1. The lowest BCUT2D eigenvalue weighted by atomic mass is 10.1. The van der Waals surface area contributed by atoms with Crippen molar-refractivity contribution in [2.24, 2.45) is 5.92 Å². The van der Waals surface area contributed by atoms with Gasteiger partial charge in [-0.15, -0.1) is 0 Å². The summed E-state index contributed by atoms with van der Waals surface area (Å²) in [7, 11) is -3.93. The topological polar surface area (TPSA) is 147 Å². The van der Waals surface area contributed by atoms with Crippen molar-refractivity contribution in [3.63, 3.8) is 0 Å². The molecule has 1 aromatic carbocycles. The number of rotatable bonds is 9. The third kappa shape index (κ3) is 5.40. The Bertz CT molecular complexity index is 1290. The zero-order valence-electron chi connectivity index (χ0n) is 20.0. The molecule has 35 heavy (non-hydrogen) atoms. The maximum atomic E-state index is 13.2. The molecule has 2 aliphatic rings. The monoisotopic (exact) mass is 498 g/mol. The van der Waals surface area contributed by atoms with E-state index in [0.717, 1.165) is 11.1 Å². The van der Waals surface area contributed by atoms with Crippen LogP contribution in [0.15, 0.2) is 23.2 Å². The number of hydrogen-bond donors (Lipinski definition) is 2. The fourth-order valence-electron chi connectivity index (χ4n) is 4.21. The van der Waals surface area contributed by atoms with Gasteiger partial charge in [0.2, 0.25) is 15.9 Å². The van der Waals surface area contributed by atoms with Crippen LogP contribution >= 0.6 is 0 Å². The van der Waals surface area contributed by atoms with Crippen LogP contribution in [0.4, 0.5) is 5.69 Å². The molecule has 0 bridgehead atoms. The summed E-state index contributed by atoms with van der Waals surface area (Å²) in [5.41, 5.74) is 0.242. The van der Waals surface area contributed by atoms with Gasteiger partial charge in [0.1, 0.15) is 5.54 Å². The van der Waals surface area contributed by atoms with E-state index in [1.165, 1.54) is 6.07 Å². The number of nitriles is 2. The number of hydrogen-bond acceptors (Lipinski definition) is 8. The van der Waals surface area contributed by atoms with Crippen LogP contribution in [0, 0.1) is 28.6 Å². The normalized spacial score (nSPS) is 17.4. The minimum absolute atomic E-state index is 0.0649. The van der Waals surface area contributed by atoms with Gasteiger partial charge in [-0.25, -0.2) is 8.42 Å². The Morgan fingerprint density at radius 2 is 1.91 bits per heavy atom. The lowest BCUT2D eigenvalue weighted by Crippen LogP contribution is -2.50. The fraction of sp³-hybridized carbons (Fsp3) is 0.565. The molecule has 1 aromatic heterocycles. The van der Waals surface area contributed by atoms with E-state index in [1.54, 1.807) is 10.7 Å². The van der Waals surface area contributed by atoms with Gasteiger partial charge in [0.05, 0.1) is 35.6 Å². The van der Waals surface area contributed by atoms with E-state index in [4.69, 9.17) is 5.26 Å². The van der Waals surface area contributed by atoms with Crippen LogP contribution in [0.25, 0.3) is 10.9 Å². The van der Waals surface area contributed by atoms with E-state index >= 15 is 0 Å². The molecular formula is C23H30N8O3S. The molecule has 1 aliphatic carbocycles. The van der Waals surface area contributed by atoms with Gasteiger partial charge in [-0.1, -0.05) is 13.8 Å². The summed E-state index contributed by atoms with van der Waals surface area (Å²) in [6, 6.07) is 7.27. The number of carbonyl (C=O) groups excluding carboxylic acids is 1. The number of fused-ring (bicyclic) bond motifs is 1. The first-order chi connectivity index (χ1) is 16.7. The van der Waals surface area contributed by atoms with Gasteiger partial charge in [0.15, 0.2) is 0 Å². The van der Waals surface area contributed by atoms with Gasteiger partial charge in [-0.3, -0.25) is 9.48 Å². The number of benzene rings is 1. The molecule has 2 heterocycles. The Hall–Kier alpha value is -3.19. The molecule has 1 saturated carbocycles. The molecule has 0 spiro atoms. The molecule has 0 unspecified atom stereocenters. The first kappa shape index (κ1) is 24.9. The van der Waals surface area contributed by atoms with E-state index in [-0.39, 0.29) is 23.3 Å². The summed E-state index contributed by atoms with van der Waals surface area (Å²) in [5, 5.41) is 26.5. The lowest BCUT2D eigenvalue weighted by molar-refractivity contribution is -0.134. The number of aromatic nitrogens is 2. The van der Waals surface area contributed by atoms with Gasteiger partial charge >= 0.3 is 0 Å². The van der Waals surface area contributed by atoms with Gasteiger partial charge in [-0.05, 0) is 25.0 Å². The third-order valence-electron chi connectivity index (χ3n) is 6.38. The van der Waals surface area contributed by atoms with Crippen molar-refractivity contribution < 1.29 is 13.2 Å². The Balaban J connectivity index is 1.66.